The second-order valence-electron chi connectivity index (χ2n) is 6.34. The number of amides is 4. The van der Waals surface area contributed by atoms with Gasteiger partial charge in [0.25, 0.3) is 11.8 Å². The second kappa shape index (κ2) is 7.86. The van der Waals surface area contributed by atoms with Crippen molar-refractivity contribution >= 4 is 35.2 Å². The number of nitrogens with one attached hydrogen (secondary N) is 1. The molecule has 0 aromatic carbocycles. The molecule has 0 saturated carbocycles. The summed E-state index contributed by atoms with van der Waals surface area (Å²) in [5, 5.41) is 4.40. The monoisotopic (exact) mass is 379 g/mol. The van der Waals surface area contributed by atoms with Gasteiger partial charge in [-0.15, -0.1) is 11.3 Å². The highest BCUT2D eigenvalue weighted by atomic mass is 32.1. The van der Waals surface area contributed by atoms with Gasteiger partial charge in [0.05, 0.1) is 10.8 Å². The zero-order chi connectivity index (χ0) is 18.7. The smallest absolute Gasteiger partial charge is 0.324 e. The molecule has 1 aromatic heterocycles. The van der Waals surface area contributed by atoms with Crippen LogP contribution in [0.3, 0.4) is 0 Å². The maximum Gasteiger partial charge on any atom is 0.324 e. The summed E-state index contributed by atoms with van der Waals surface area (Å²) in [7, 11) is 0. The van der Waals surface area contributed by atoms with E-state index in [0.717, 1.165) is 4.90 Å². The molecule has 2 aliphatic heterocycles. The zero-order valence-electron chi connectivity index (χ0n) is 14.5. The van der Waals surface area contributed by atoms with Crippen molar-refractivity contribution in [1.82, 2.24) is 15.1 Å². The van der Waals surface area contributed by atoms with Gasteiger partial charge in [-0.25, -0.2) is 4.79 Å². The molecule has 4 amide bonds. The van der Waals surface area contributed by atoms with Gasteiger partial charge >= 0.3 is 12.0 Å². The number of urea groups is 1. The fraction of sp³-hybridized carbons (Fsp3) is 0.529. The molecule has 1 aromatic rings. The molecule has 26 heavy (non-hydrogen) atoms. The number of hydrogen-bond acceptors (Lipinski definition) is 6. The first-order chi connectivity index (χ1) is 12.5. The van der Waals surface area contributed by atoms with E-state index < -0.39 is 24.0 Å². The number of rotatable bonds is 4. The molecule has 2 fully saturated rings. The van der Waals surface area contributed by atoms with Crippen LogP contribution in [0.15, 0.2) is 17.5 Å². The third kappa shape index (κ3) is 3.87. The number of piperidine rings is 1. The summed E-state index contributed by atoms with van der Waals surface area (Å²) < 4.78 is 5.27. The van der Waals surface area contributed by atoms with Crippen LogP contribution in [0.4, 0.5) is 4.79 Å². The number of carbonyl (C=O) groups is 4. The molecule has 2 saturated heterocycles. The van der Waals surface area contributed by atoms with Gasteiger partial charge in [-0.1, -0.05) is 6.07 Å². The number of likely N-dealkylation sites (tertiary alicyclic amines) is 1. The molecule has 0 aliphatic carbocycles. The number of esters is 1. The van der Waals surface area contributed by atoms with E-state index in [4.69, 9.17) is 4.74 Å². The number of hydrogen-bond donors (Lipinski definition) is 1. The molecule has 9 heteroatoms. The SMILES string of the molecule is C[C@@H](OC(=O)C1CCN(C(=O)c2cccs2)CC1)C(=O)N1CCNC1=O. The summed E-state index contributed by atoms with van der Waals surface area (Å²) in [5.74, 6) is -1.33. The first-order valence-electron chi connectivity index (χ1n) is 8.60. The van der Waals surface area contributed by atoms with E-state index >= 15 is 0 Å². The standard InChI is InChI=1S/C17H21N3O5S/c1-11(14(21)20-9-6-18-17(20)24)25-16(23)12-4-7-19(8-5-12)15(22)13-3-2-10-26-13/h2-3,10-12H,4-9H2,1H3,(H,18,24)/t11-/m1/s1. The summed E-state index contributed by atoms with van der Waals surface area (Å²) in [4.78, 5) is 51.8. The summed E-state index contributed by atoms with van der Waals surface area (Å²) in [6, 6.07) is 3.16. The van der Waals surface area contributed by atoms with Crippen molar-refractivity contribution in [3.05, 3.63) is 22.4 Å². The van der Waals surface area contributed by atoms with Crippen LogP contribution in [0, 0.1) is 5.92 Å². The third-order valence-corrected chi connectivity index (χ3v) is 5.47. The summed E-state index contributed by atoms with van der Waals surface area (Å²) in [6.45, 7) is 3.12. The lowest BCUT2D eigenvalue weighted by atomic mass is 9.97. The molecule has 140 valence electrons. The first kappa shape index (κ1) is 18.4. The van der Waals surface area contributed by atoms with Crippen molar-refractivity contribution < 1.29 is 23.9 Å². The average molecular weight is 379 g/mol. The fourth-order valence-corrected chi connectivity index (χ4v) is 3.79. The lowest BCUT2D eigenvalue weighted by Crippen LogP contribution is -2.44. The number of nitrogens with zero attached hydrogens (tertiary/aromatic N) is 2. The van der Waals surface area contributed by atoms with Gasteiger partial charge in [-0.05, 0) is 31.2 Å². The van der Waals surface area contributed by atoms with E-state index in [1.54, 1.807) is 11.0 Å². The van der Waals surface area contributed by atoms with Gasteiger partial charge in [-0.2, -0.15) is 0 Å². The van der Waals surface area contributed by atoms with Crippen LogP contribution in [-0.4, -0.2) is 65.9 Å². The van der Waals surface area contributed by atoms with Gasteiger partial charge in [0.15, 0.2) is 6.10 Å². The van der Waals surface area contributed by atoms with Crippen molar-refractivity contribution in [1.29, 1.82) is 0 Å². The first-order valence-corrected chi connectivity index (χ1v) is 9.48. The van der Waals surface area contributed by atoms with Crippen LogP contribution in [-0.2, 0) is 14.3 Å². The van der Waals surface area contributed by atoms with Crippen LogP contribution >= 0.6 is 11.3 Å². The minimum absolute atomic E-state index is 0.0181. The van der Waals surface area contributed by atoms with Crippen molar-refractivity contribution in [2.24, 2.45) is 5.92 Å². The highest BCUT2D eigenvalue weighted by Gasteiger charge is 2.34. The molecular weight excluding hydrogens is 358 g/mol. The Balaban J connectivity index is 1.48. The minimum atomic E-state index is -1.00. The Bertz CT molecular complexity index is 697. The van der Waals surface area contributed by atoms with E-state index in [-0.39, 0.29) is 18.4 Å². The predicted octanol–water partition coefficient (Wildman–Crippen LogP) is 1.08. The maximum atomic E-state index is 12.3. The molecule has 1 N–H and O–H groups in total. The topological polar surface area (TPSA) is 96.0 Å². The van der Waals surface area contributed by atoms with E-state index in [1.165, 1.54) is 18.3 Å². The summed E-state index contributed by atoms with van der Waals surface area (Å²) >= 11 is 1.40. The normalized spacial score (nSPS) is 19.2. The largest absolute Gasteiger partial charge is 0.452 e. The Kier molecular flexibility index (Phi) is 5.55. The highest BCUT2D eigenvalue weighted by Crippen LogP contribution is 2.22. The Morgan fingerprint density at radius 2 is 2.00 bits per heavy atom. The molecule has 3 heterocycles. The Morgan fingerprint density at radius 1 is 1.27 bits per heavy atom. The summed E-state index contributed by atoms with van der Waals surface area (Å²) in [5.41, 5.74) is 0. The second-order valence-corrected chi connectivity index (χ2v) is 7.29. The predicted molar refractivity (Wildman–Crippen MR) is 93.6 cm³/mol. The van der Waals surface area contributed by atoms with Gasteiger partial charge in [0.2, 0.25) is 0 Å². The molecule has 0 unspecified atom stereocenters. The fourth-order valence-electron chi connectivity index (χ4n) is 3.10. The number of imide groups is 1. The van der Waals surface area contributed by atoms with Crippen LogP contribution in [0.2, 0.25) is 0 Å². The molecule has 8 nitrogen and oxygen atoms in total. The molecule has 3 rings (SSSR count). The van der Waals surface area contributed by atoms with Crippen LogP contribution in [0.25, 0.3) is 0 Å². The molecule has 2 aliphatic rings. The van der Waals surface area contributed by atoms with Crippen LogP contribution < -0.4 is 5.32 Å². The number of carbonyl (C=O) groups excluding carboxylic acids is 4. The maximum absolute atomic E-state index is 12.3. The lowest BCUT2D eigenvalue weighted by molar-refractivity contribution is -0.162. The van der Waals surface area contributed by atoms with Crippen LogP contribution in [0.5, 0.6) is 0 Å². The molecule has 1 atom stereocenters. The number of thiophene rings is 1. The van der Waals surface area contributed by atoms with E-state index in [0.29, 0.717) is 37.4 Å². The molecular formula is C17H21N3O5S. The molecule has 0 spiro atoms. The lowest BCUT2D eigenvalue weighted by Gasteiger charge is -2.31. The van der Waals surface area contributed by atoms with Gasteiger partial charge in [-0.3, -0.25) is 19.3 Å². The Labute approximate surface area is 155 Å². The van der Waals surface area contributed by atoms with E-state index in [2.05, 4.69) is 5.32 Å². The minimum Gasteiger partial charge on any atom is -0.452 e. The average Bonchev–Trinajstić information content (AvgIpc) is 3.32. The van der Waals surface area contributed by atoms with Crippen molar-refractivity contribution in [3.8, 4) is 0 Å². The van der Waals surface area contributed by atoms with Crippen molar-refractivity contribution in [3.63, 3.8) is 0 Å². The molecule has 0 bridgehead atoms. The van der Waals surface area contributed by atoms with E-state index in [9.17, 15) is 19.2 Å². The summed E-state index contributed by atoms with van der Waals surface area (Å²) in [6.07, 6.45) is -0.000555. The van der Waals surface area contributed by atoms with Crippen molar-refractivity contribution in [2.45, 2.75) is 25.9 Å². The third-order valence-electron chi connectivity index (χ3n) is 4.61. The van der Waals surface area contributed by atoms with Gasteiger partial charge in [0.1, 0.15) is 0 Å². The number of ether oxygens (including phenoxy) is 1. The Hall–Kier alpha value is -2.42. The quantitative estimate of drug-likeness (QED) is 0.790. The van der Waals surface area contributed by atoms with Gasteiger partial charge in [0, 0.05) is 26.2 Å². The van der Waals surface area contributed by atoms with E-state index in [1.807, 2.05) is 11.4 Å². The molecule has 0 radical (unpaired) electrons. The van der Waals surface area contributed by atoms with Crippen molar-refractivity contribution in [2.75, 3.05) is 26.2 Å². The zero-order valence-corrected chi connectivity index (χ0v) is 15.3. The van der Waals surface area contributed by atoms with Crippen LogP contribution in [0.1, 0.15) is 29.4 Å². The highest BCUT2D eigenvalue weighted by molar-refractivity contribution is 7.12. The van der Waals surface area contributed by atoms with Gasteiger partial charge < -0.3 is 15.0 Å². The Morgan fingerprint density at radius 3 is 2.58 bits per heavy atom.